The van der Waals surface area contributed by atoms with E-state index in [4.69, 9.17) is 4.74 Å². The van der Waals surface area contributed by atoms with Crippen LogP contribution in [0.1, 0.15) is 17.0 Å². The van der Waals surface area contributed by atoms with Crippen LogP contribution in [0.5, 0.6) is 5.75 Å². The van der Waals surface area contributed by atoms with Crippen LogP contribution >= 0.6 is 11.3 Å². The minimum Gasteiger partial charge on any atom is -0.482 e. The monoisotopic (exact) mass is 419 g/mol. The summed E-state index contributed by atoms with van der Waals surface area (Å²) in [7, 11) is 0. The van der Waals surface area contributed by atoms with Gasteiger partial charge in [-0.2, -0.15) is 0 Å². The molecule has 0 saturated heterocycles. The lowest BCUT2D eigenvalue weighted by atomic mass is 10.0. The maximum atomic E-state index is 13.2. The number of carbonyl (C=O) groups excluding carboxylic acids is 2. The van der Waals surface area contributed by atoms with Gasteiger partial charge in [0.25, 0.3) is 5.91 Å². The number of benzene rings is 2. The van der Waals surface area contributed by atoms with E-state index >= 15 is 0 Å². The van der Waals surface area contributed by atoms with E-state index in [2.05, 4.69) is 11.1 Å². The molecule has 0 bridgehead atoms. The van der Waals surface area contributed by atoms with Gasteiger partial charge in [-0.3, -0.25) is 14.5 Å². The van der Waals surface area contributed by atoms with Gasteiger partial charge in [0, 0.05) is 23.2 Å². The van der Waals surface area contributed by atoms with E-state index in [1.165, 1.54) is 5.56 Å². The number of rotatable bonds is 3. The average molecular weight is 420 g/mol. The summed E-state index contributed by atoms with van der Waals surface area (Å²) in [6, 6.07) is 13.6. The number of aromatic nitrogens is 1. The highest BCUT2D eigenvalue weighted by atomic mass is 32.1. The van der Waals surface area contributed by atoms with Crippen molar-refractivity contribution in [1.29, 1.82) is 0 Å². The Bertz CT molecular complexity index is 1140. The van der Waals surface area contributed by atoms with Gasteiger partial charge in [0.05, 0.1) is 16.4 Å². The van der Waals surface area contributed by atoms with Crippen LogP contribution in [0.15, 0.2) is 47.8 Å². The van der Waals surface area contributed by atoms with Crippen LogP contribution in [0, 0.1) is 6.92 Å². The van der Waals surface area contributed by atoms with Crippen LogP contribution in [0.4, 0.5) is 11.4 Å². The fraction of sp³-hybridized carbons (Fsp3) is 0.261. The van der Waals surface area contributed by atoms with Crippen molar-refractivity contribution in [2.75, 3.05) is 29.5 Å². The van der Waals surface area contributed by atoms with Crippen molar-refractivity contribution < 1.29 is 14.3 Å². The Morgan fingerprint density at radius 3 is 2.90 bits per heavy atom. The third-order valence-corrected chi connectivity index (χ3v) is 6.29. The Balaban J connectivity index is 1.46. The molecular formula is C23H21N3O3S. The van der Waals surface area contributed by atoms with Gasteiger partial charge in [-0.25, -0.2) is 4.98 Å². The maximum Gasteiger partial charge on any atom is 0.265 e. The summed E-state index contributed by atoms with van der Waals surface area (Å²) >= 11 is 1.58. The number of hydrogen-bond acceptors (Lipinski definition) is 5. The highest BCUT2D eigenvalue weighted by Gasteiger charge is 2.31. The molecule has 3 aromatic rings. The lowest BCUT2D eigenvalue weighted by molar-refractivity contribution is -0.124. The topological polar surface area (TPSA) is 62.7 Å². The number of aryl methyl sites for hydroxylation is 2. The molecule has 6 nitrogen and oxygen atoms in total. The highest BCUT2D eigenvalue weighted by molar-refractivity contribution is 7.09. The molecule has 2 amide bonds. The molecule has 0 radical (unpaired) electrons. The van der Waals surface area contributed by atoms with Crippen molar-refractivity contribution in [3.63, 3.8) is 0 Å². The summed E-state index contributed by atoms with van der Waals surface area (Å²) < 4.78 is 5.61. The average Bonchev–Trinajstić information content (AvgIpc) is 3.21. The largest absolute Gasteiger partial charge is 0.482 e. The normalized spacial score (nSPS) is 15.4. The van der Waals surface area contributed by atoms with Crippen molar-refractivity contribution >= 4 is 34.5 Å². The Morgan fingerprint density at radius 2 is 2.07 bits per heavy atom. The second-order valence-electron chi connectivity index (χ2n) is 7.48. The van der Waals surface area contributed by atoms with Gasteiger partial charge in [0.15, 0.2) is 6.61 Å². The van der Waals surface area contributed by atoms with Crippen molar-refractivity contribution in [2.45, 2.75) is 19.8 Å². The van der Waals surface area contributed by atoms with Gasteiger partial charge in [-0.15, -0.1) is 11.3 Å². The molecule has 3 heterocycles. The zero-order valence-electron chi connectivity index (χ0n) is 16.6. The summed E-state index contributed by atoms with van der Waals surface area (Å²) in [6.45, 7) is 2.55. The SMILES string of the molecule is Cc1nc(-c2ccc3c(c2)N(CC(=O)N2CCCc4ccccc42)C(=O)CO3)cs1. The molecule has 152 valence electrons. The van der Waals surface area contributed by atoms with Crippen LogP contribution in [0.25, 0.3) is 11.3 Å². The predicted molar refractivity (Wildman–Crippen MR) is 117 cm³/mol. The molecule has 0 N–H and O–H groups in total. The summed E-state index contributed by atoms with van der Waals surface area (Å²) in [5.41, 5.74) is 4.49. The standard InChI is InChI=1S/C23H21N3O3S/c1-15-24-18(14-30-15)17-8-9-21-20(11-17)26(23(28)13-29-21)12-22(27)25-10-4-6-16-5-2-3-7-19(16)25/h2-3,5,7-9,11,14H,4,6,10,12-13H2,1H3. The number of anilines is 2. The summed E-state index contributed by atoms with van der Waals surface area (Å²) in [5.74, 6) is 0.308. The number of para-hydroxylation sites is 1. The van der Waals surface area contributed by atoms with Crippen LogP contribution in [-0.4, -0.2) is 36.5 Å². The molecule has 2 aliphatic heterocycles. The van der Waals surface area contributed by atoms with Gasteiger partial charge in [-0.05, 0) is 49.6 Å². The van der Waals surface area contributed by atoms with Crippen LogP contribution in [-0.2, 0) is 16.0 Å². The number of thiazole rings is 1. The lowest BCUT2D eigenvalue weighted by Crippen LogP contribution is -2.47. The Kier molecular flexibility index (Phi) is 4.75. The van der Waals surface area contributed by atoms with Crippen molar-refractivity contribution in [2.24, 2.45) is 0 Å². The fourth-order valence-electron chi connectivity index (χ4n) is 4.04. The molecule has 0 atom stereocenters. The number of ether oxygens (including phenoxy) is 1. The zero-order valence-corrected chi connectivity index (χ0v) is 17.4. The van der Waals surface area contributed by atoms with Crippen LogP contribution < -0.4 is 14.5 Å². The Hall–Kier alpha value is -3.19. The summed E-state index contributed by atoms with van der Waals surface area (Å²) in [6.07, 6.45) is 1.89. The van der Waals surface area contributed by atoms with Crippen molar-refractivity contribution in [3.05, 3.63) is 58.4 Å². The molecule has 0 spiro atoms. The molecule has 5 rings (SSSR count). The third-order valence-electron chi connectivity index (χ3n) is 5.52. The quantitative estimate of drug-likeness (QED) is 0.647. The first-order valence-electron chi connectivity index (χ1n) is 9.98. The van der Waals surface area contributed by atoms with Crippen molar-refractivity contribution in [3.8, 4) is 17.0 Å². The number of nitrogens with zero attached hydrogens (tertiary/aromatic N) is 3. The zero-order chi connectivity index (χ0) is 20.7. The van der Waals surface area contributed by atoms with Gasteiger partial charge in [0.1, 0.15) is 12.3 Å². The molecule has 2 aromatic carbocycles. The van der Waals surface area contributed by atoms with E-state index < -0.39 is 0 Å². The van der Waals surface area contributed by atoms with E-state index in [1.54, 1.807) is 21.1 Å². The maximum absolute atomic E-state index is 13.2. The second-order valence-corrected chi connectivity index (χ2v) is 8.54. The van der Waals surface area contributed by atoms with E-state index in [0.29, 0.717) is 18.0 Å². The van der Waals surface area contributed by atoms with Gasteiger partial charge >= 0.3 is 0 Å². The predicted octanol–water partition coefficient (Wildman–Crippen LogP) is 3.82. The fourth-order valence-corrected chi connectivity index (χ4v) is 4.67. The minimum atomic E-state index is -0.215. The Morgan fingerprint density at radius 1 is 1.20 bits per heavy atom. The summed E-state index contributed by atoms with van der Waals surface area (Å²) in [4.78, 5) is 33.8. The first-order valence-corrected chi connectivity index (χ1v) is 10.9. The van der Waals surface area contributed by atoms with E-state index in [1.807, 2.05) is 48.7 Å². The van der Waals surface area contributed by atoms with E-state index in [0.717, 1.165) is 34.8 Å². The van der Waals surface area contributed by atoms with Gasteiger partial charge in [0.2, 0.25) is 5.91 Å². The van der Waals surface area contributed by atoms with E-state index in [9.17, 15) is 9.59 Å². The molecule has 30 heavy (non-hydrogen) atoms. The summed E-state index contributed by atoms with van der Waals surface area (Å²) in [5, 5.41) is 2.97. The first-order chi connectivity index (χ1) is 14.6. The smallest absolute Gasteiger partial charge is 0.265 e. The van der Waals surface area contributed by atoms with Gasteiger partial charge < -0.3 is 9.64 Å². The second kappa shape index (κ2) is 7.57. The molecule has 2 aliphatic rings. The number of carbonyl (C=O) groups is 2. The number of fused-ring (bicyclic) bond motifs is 2. The van der Waals surface area contributed by atoms with E-state index in [-0.39, 0.29) is 25.0 Å². The highest BCUT2D eigenvalue weighted by Crippen LogP contribution is 2.36. The molecule has 0 saturated carbocycles. The molecule has 1 aromatic heterocycles. The van der Waals surface area contributed by atoms with Crippen molar-refractivity contribution in [1.82, 2.24) is 4.98 Å². The van der Waals surface area contributed by atoms with Crippen LogP contribution in [0.3, 0.4) is 0 Å². The molecular weight excluding hydrogens is 398 g/mol. The number of hydrogen-bond donors (Lipinski definition) is 0. The molecule has 0 aliphatic carbocycles. The van der Waals surface area contributed by atoms with Crippen LogP contribution in [0.2, 0.25) is 0 Å². The molecule has 0 unspecified atom stereocenters. The first kappa shape index (κ1) is 18.8. The lowest BCUT2D eigenvalue weighted by Gasteiger charge is -2.33. The Labute approximate surface area is 178 Å². The molecule has 7 heteroatoms. The number of amides is 2. The minimum absolute atomic E-state index is 0.0108. The third kappa shape index (κ3) is 3.35. The van der Waals surface area contributed by atoms with Gasteiger partial charge in [-0.1, -0.05) is 18.2 Å². The molecule has 0 fully saturated rings.